The van der Waals surface area contributed by atoms with Gasteiger partial charge in [-0.1, -0.05) is 30.3 Å². The molecule has 0 aliphatic carbocycles. The standard InChI is InChI=1S/C10H12N2O3/c1-12(11-15)9(10(13)14)7-8-5-3-2-4-6-8/h2-6,9H,7H2,1H3,(H,13,14)/t9-/m0/s1. The highest BCUT2D eigenvalue weighted by atomic mass is 16.4. The zero-order chi connectivity index (χ0) is 11.3. The van der Waals surface area contributed by atoms with Gasteiger partial charge in [-0.05, 0) is 5.56 Å². The molecule has 0 aromatic heterocycles. The number of rotatable bonds is 5. The van der Waals surface area contributed by atoms with Gasteiger partial charge in [0.05, 0.1) is 5.29 Å². The molecule has 1 aromatic carbocycles. The fourth-order valence-electron chi connectivity index (χ4n) is 1.27. The number of carboxylic acid groups (broad SMARTS) is 1. The first kappa shape index (κ1) is 11.2. The lowest BCUT2D eigenvalue weighted by atomic mass is 10.1. The molecule has 5 heteroatoms. The van der Waals surface area contributed by atoms with Gasteiger partial charge in [0, 0.05) is 13.5 Å². The van der Waals surface area contributed by atoms with E-state index in [0.29, 0.717) is 0 Å². The van der Waals surface area contributed by atoms with Crippen LogP contribution in [0.1, 0.15) is 5.56 Å². The Balaban J connectivity index is 2.76. The normalized spacial score (nSPS) is 11.8. The Morgan fingerprint density at radius 3 is 2.53 bits per heavy atom. The van der Waals surface area contributed by atoms with Crippen LogP contribution in [0, 0.1) is 4.91 Å². The highest BCUT2D eigenvalue weighted by Gasteiger charge is 2.22. The molecule has 5 nitrogen and oxygen atoms in total. The van der Waals surface area contributed by atoms with Crippen LogP contribution in [0.4, 0.5) is 0 Å². The minimum atomic E-state index is -1.05. The van der Waals surface area contributed by atoms with E-state index < -0.39 is 12.0 Å². The maximum Gasteiger partial charge on any atom is 0.328 e. The van der Waals surface area contributed by atoms with Gasteiger partial charge in [0.1, 0.15) is 0 Å². The molecule has 0 radical (unpaired) electrons. The summed E-state index contributed by atoms with van der Waals surface area (Å²) in [5.41, 5.74) is 0.861. The third-order valence-corrected chi connectivity index (χ3v) is 2.14. The lowest BCUT2D eigenvalue weighted by Crippen LogP contribution is -2.36. The summed E-state index contributed by atoms with van der Waals surface area (Å²) in [7, 11) is 1.36. The fraction of sp³-hybridized carbons (Fsp3) is 0.300. The first-order valence-electron chi connectivity index (χ1n) is 4.48. The molecule has 0 saturated carbocycles. The van der Waals surface area contributed by atoms with Crippen LogP contribution in [0.3, 0.4) is 0 Å². The quantitative estimate of drug-likeness (QED) is 0.584. The van der Waals surface area contributed by atoms with Gasteiger partial charge in [0.2, 0.25) is 0 Å². The summed E-state index contributed by atoms with van der Waals surface area (Å²) in [5, 5.41) is 12.4. The number of nitroso groups, excluding NO2 is 1. The Morgan fingerprint density at radius 2 is 2.07 bits per heavy atom. The molecule has 1 atom stereocenters. The van der Waals surface area contributed by atoms with Crippen LogP contribution in [0.15, 0.2) is 35.6 Å². The average Bonchev–Trinajstić information content (AvgIpc) is 2.26. The number of hydrogen-bond acceptors (Lipinski definition) is 3. The minimum absolute atomic E-state index is 0.262. The summed E-state index contributed by atoms with van der Waals surface area (Å²) in [4.78, 5) is 21.1. The fourth-order valence-corrected chi connectivity index (χ4v) is 1.27. The van der Waals surface area contributed by atoms with E-state index in [-0.39, 0.29) is 6.42 Å². The Bertz CT molecular complexity index is 340. The summed E-state index contributed by atoms with van der Waals surface area (Å²) in [5.74, 6) is -1.05. The topological polar surface area (TPSA) is 70.0 Å². The molecule has 80 valence electrons. The second-order valence-electron chi connectivity index (χ2n) is 3.20. The van der Waals surface area contributed by atoms with E-state index in [1.807, 2.05) is 30.3 Å². The summed E-state index contributed by atoms with van der Waals surface area (Å²) in [6, 6.07) is 8.21. The minimum Gasteiger partial charge on any atom is -0.480 e. The van der Waals surface area contributed by atoms with Crippen LogP contribution in [-0.2, 0) is 11.2 Å². The van der Waals surface area contributed by atoms with E-state index in [0.717, 1.165) is 10.6 Å². The van der Waals surface area contributed by atoms with Gasteiger partial charge in [0.15, 0.2) is 6.04 Å². The molecule has 0 aliphatic heterocycles. The van der Waals surface area contributed by atoms with Crippen LogP contribution in [0.5, 0.6) is 0 Å². The van der Waals surface area contributed by atoms with Crippen molar-refractivity contribution < 1.29 is 9.90 Å². The first-order chi connectivity index (χ1) is 7.15. The molecule has 15 heavy (non-hydrogen) atoms. The van der Waals surface area contributed by atoms with Crippen molar-refractivity contribution in [2.45, 2.75) is 12.5 Å². The second kappa shape index (κ2) is 5.09. The lowest BCUT2D eigenvalue weighted by Gasteiger charge is -2.18. The number of likely N-dealkylation sites (N-methyl/N-ethyl adjacent to an activating group) is 1. The average molecular weight is 208 g/mol. The Labute approximate surface area is 87.3 Å². The largest absolute Gasteiger partial charge is 0.480 e. The van der Waals surface area contributed by atoms with Crippen LogP contribution < -0.4 is 0 Å². The molecule has 1 rings (SSSR count). The van der Waals surface area contributed by atoms with Gasteiger partial charge in [-0.15, -0.1) is 4.91 Å². The molecule has 0 bridgehead atoms. The number of benzene rings is 1. The maximum absolute atomic E-state index is 10.9. The van der Waals surface area contributed by atoms with Crippen molar-refractivity contribution in [3.63, 3.8) is 0 Å². The first-order valence-corrected chi connectivity index (χ1v) is 4.48. The van der Waals surface area contributed by atoms with Gasteiger partial charge < -0.3 is 5.11 Å². The molecule has 0 amide bonds. The van der Waals surface area contributed by atoms with Gasteiger partial charge in [0.25, 0.3) is 0 Å². The van der Waals surface area contributed by atoms with E-state index in [1.165, 1.54) is 7.05 Å². The Hall–Kier alpha value is -1.91. The molecule has 0 heterocycles. The second-order valence-corrected chi connectivity index (χ2v) is 3.20. The summed E-state index contributed by atoms with van der Waals surface area (Å²) < 4.78 is 0. The number of carbonyl (C=O) groups is 1. The van der Waals surface area contributed by atoms with Crippen LogP contribution >= 0.6 is 0 Å². The molecule has 0 fully saturated rings. The van der Waals surface area contributed by atoms with E-state index in [1.54, 1.807) is 0 Å². The Kier molecular flexibility index (Phi) is 3.79. The van der Waals surface area contributed by atoms with E-state index in [4.69, 9.17) is 5.11 Å². The van der Waals surface area contributed by atoms with Gasteiger partial charge in [-0.3, -0.25) is 0 Å². The van der Waals surface area contributed by atoms with E-state index >= 15 is 0 Å². The third-order valence-electron chi connectivity index (χ3n) is 2.14. The van der Waals surface area contributed by atoms with Crippen molar-refractivity contribution in [1.29, 1.82) is 0 Å². The molecule has 0 saturated heterocycles. The maximum atomic E-state index is 10.9. The molecular formula is C10H12N2O3. The predicted molar refractivity (Wildman–Crippen MR) is 55.1 cm³/mol. The van der Waals surface area contributed by atoms with E-state index in [2.05, 4.69) is 5.29 Å². The van der Waals surface area contributed by atoms with Crippen molar-refractivity contribution in [3.05, 3.63) is 40.8 Å². The van der Waals surface area contributed by atoms with Crippen LogP contribution in [0.2, 0.25) is 0 Å². The zero-order valence-electron chi connectivity index (χ0n) is 8.33. The molecule has 0 spiro atoms. The van der Waals surface area contributed by atoms with Crippen molar-refractivity contribution >= 4 is 5.97 Å². The number of nitrogens with zero attached hydrogens (tertiary/aromatic N) is 2. The smallest absolute Gasteiger partial charge is 0.328 e. The van der Waals surface area contributed by atoms with Crippen LogP contribution in [-0.4, -0.2) is 29.2 Å². The highest BCUT2D eigenvalue weighted by molar-refractivity contribution is 5.73. The monoisotopic (exact) mass is 208 g/mol. The van der Waals surface area contributed by atoms with Gasteiger partial charge in [-0.2, -0.15) is 0 Å². The van der Waals surface area contributed by atoms with Crippen LogP contribution in [0.25, 0.3) is 0 Å². The number of carboxylic acids is 1. The van der Waals surface area contributed by atoms with Crippen molar-refractivity contribution in [1.82, 2.24) is 5.01 Å². The Morgan fingerprint density at radius 1 is 1.47 bits per heavy atom. The molecule has 1 aromatic rings. The number of hydrogen-bond donors (Lipinski definition) is 1. The van der Waals surface area contributed by atoms with Crippen molar-refractivity contribution in [2.75, 3.05) is 7.05 Å². The van der Waals surface area contributed by atoms with Gasteiger partial charge >= 0.3 is 5.97 Å². The summed E-state index contributed by atoms with van der Waals surface area (Å²) in [6.45, 7) is 0. The third kappa shape index (κ3) is 3.05. The van der Waals surface area contributed by atoms with E-state index in [9.17, 15) is 9.70 Å². The molecule has 1 N–H and O–H groups in total. The van der Waals surface area contributed by atoms with Crippen molar-refractivity contribution in [2.24, 2.45) is 5.29 Å². The van der Waals surface area contributed by atoms with Gasteiger partial charge in [-0.25, -0.2) is 9.80 Å². The highest BCUT2D eigenvalue weighted by Crippen LogP contribution is 2.08. The SMILES string of the molecule is CN(N=O)[C@@H](Cc1ccccc1)C(=O)O. The summed E-state index contributed by atoms with van der Waals surface area (Å²) >= 11 is 0. The lowest BCUT2D eigenvalue weighted by molar-refractivity contribution is -0.142. The molecule has 0 unspecified atom stereocenters. The summed E-state index contributed by atoms with van der Waals surface area (Å²) in [6.07, 6.45) is 0.262. The number of aliphatic carboxylic acids is 1. The predicted octanol–water partition coefficient (Wildman–Crippen LogP) is 1.30. The van der Waals surface area contributed by atoms with Crippen molar-refractivity contribution in [3.8, 4) is 0 Å². The zero-order valence-corrected chi connectivity index (χ0v) is 8.33. The molecular weight excluding hydrogens is 196 g/mol. The molecule has 0 aliphatic rings.